The maximum atomic E-state index is 14.8. The van der Waals surface area contributed by atoms with Gasteiger partial charge in [0.25, 0.3) is 0 Å². The van der Waals surface area contributed by atoms with E-state index in [2.05, 4.69) is 17.4 Å². The number of nitrogens with zero attached hydrogens (tertiary/aromatic N) is 1. The Labute approximate surface area is 207 Å². The van der Waals surface area contributed by atoms with Gasteiger partial charge in [0.05, 0.1) is 0 Å². The fraction of sp³-hybridized carbons (Fsp3) is 0.0690. The zero-order chi connectivity index (χ0) is 24.4. The smallest absolute Gasteiger partial charge is 0.353 e. The predicted octanol–water partition coefficient (Wildman–Crippen LogP) is 7.46. The molecule has 0 radical (unpaired) electrons. The van der Waals surface area contributed by atoms with Gasteiger partial charge in [0, 0.05) is 45.8 Å². The van der Waals surface area contributed by atoms with Gasteiger partial charge in [-0.15, -0.1) is 0 Å². The van der Waals surface area contributed by atoms with E-state index in [4.69, 9.17) is 11.6 Å². The van der Waals surface area contributed by atoms with Crippen LogP contribution in [0.15, 0.2) is 97.1 Å². The maximum absolute atomic E-state index is 14.8. The van der Waals surface area contributed by atoms with Gasteiger partial charge in [-0.2, -0.15) is 0 Å². The topological polar surface area (TPSA) is 54.3 Å². The van der Waals surface area contributed by atoms with Crippen molar-refractivity contribution in [2.45, 2.75) is 13.1 Å². The van der Waals surface area contributed by atoms with E-state index >= 15 is 0 Å². The van der Waals surface area contributed by atoms with Crippen LogP contribution in [0, 0.1) is 5.82 Å². The van der Waals surface area contributed by atoms with Crippen LogP contribution in [-0.2, 0) is 13.1 Å². The predicted molar refractivity (Wildman–Crippen MR) is 139 cm³/mol. The largest absolute Gasteiger partial charge is 0.477 e. The number of halogens is 2. The minimum absolute atomic E-state index is 0.0232. The van der Waals surface area contributed by atoms with Crippen LogP contribution in [0.25, 0.3) is 22.0 Å². The number of nitrogens with one attached hydrogen (secondary N) is 1. The van der Waals surface area contributed by atoms with E-state index < -0.39 is 11.8 Å². The number of hydrogen-bond acceptors (Lipinski definition) is 2. The summed E-state index contributed by atoms with van der Waals surface area (Å²) in [5.41, 5.74) is 4.26. The first-order valence-electron chi connectivity index (χ1n) is 11.2. The van der Waals surface area contributed by atoms with Crippen LogP contribution in [0.2, 0.25) is 5.02 Å². The van der Waals surface area contributed by atoms with Crippen molar-refractivity contribution in [3.8, 4) is 11.1 Å². The molecule has 2 N–H and O–H groups in total. The highest BCUT2D eigenvalue weighted by molar-refractivity contribution is 6.31. The molecule has 0 fully saturated rings. The van der Waals surface area contributed by atoms with Crippen LogP contribution >= 0.6 is 11.6 Å². The molecule has 4 aromatic carbocycles. The Bertz CT molecular complexity index is 1530. The Kier molecular flexibility index (Phi) is 6.25. The lowest BCUT2D eigenvalue weighted by Gasteiger charge is -2.12. The molecule has 0 saturated carbocycles. The molecule has 0 unspecified atom stereocenters. The standard InChI is InChI=1S/C29H22ClFN2O2/c30-21-13-14-26-24(16-21)27(23-11-4-5-12-25(23)31)28(29(34)35)33(26)18-20-9-6-10-22(15-20)32-17-19-7-2-1-3-8-19/h1-16,32H,17-18H2,(H,34,35). The summed E-state index contributed by atoms with van der Waals surface area (Å²) < 4.78 is 16.5. The molecule has 6 heteroatoms. The van der Waals surface area contributed by atoms with Crippen LogP contribution in [0.5, 0.6) is 0 Å². The van der Waals surface area contributed by atoms with Gasteiger partial charge in [-0.1, -0.05) is 72.3 Å². The molecule has 5 rings (SSSR count). The van der Waals surface area contributed by atoms with Gasteiger partial charge in [0.1, 0.15) is 11.5 Å². The second-order valence-electron chi connectivity index (χ2n) is 8.30. The van der Waals surface area contributed by atoms with Crippen LogP contribution in [-0.4, -0.2) is 15.6 Å². The quantitative estimate of drug-likeness (QED) is 0.252. The molecule has 0 spiro atoms. The normalized spacial score (nSPS) is 11.0. The molecule has 0 aliphatic heterocycles. The second kappa shape index (κ2) is 9.65. The first-order chi connectivity index (χ1) is 17.0. The van der Waals surface area contributed by atoms with Crippen molar-refractivity contribution < 1.29 is 14.3 Å². The number of hydrogen-bond donors (Lipinski definition) is 2. The molecular weight excluding hydrogens is 463 g/mol. The second-order valence-corrected chi connectivity index (χ2v) is 8.73. The Balaban J connectivity index is 1.58. The number of carboxylic acid groups (broad SMARTS) is 1. The Hall–Kier alpha value is -4.09. The summed E-state index contributed by atoms with van der Waals surface area (Å²) in [4.78, 5) is 12.5. The van der Waals surface area contributed by atoms with Crippen molar-refractivity contribution >= 4 is 34.2 Å². The van der Waals surface area contributed by atoms with E-state index in [1.165, 1.54) is 6.07 Å². The van der Waals surface area contributed by atoms with Gasteiger partial charge >= 0.3 is 5.97 Å². The Morgan fingerprint density at radius 3 is 2.40 bits per heavy atom. The molecule has 0 bridgehead atoms. The first-order valence-corrected chi connectivity index (χ1v) is 11.6. The van der Waals surface area contributed by atoms with E-state index in [1.807, 2.05) is 42.5 Å². The minimum atomic E-state index is -1.13. The number of carbonyl (C=O) groups is 1. The SMILES string of the molecule is O=C(O)c1c(-c2ccccc2F)c2cc(Cl)ccc2n1Cc1cccc(NCc2ccccc2)c1. The monoisotopic (exact) mass is 484 g/mol. The molecule has 0 aliphatic rings. The highest BCUT2D eigenvalue weighted by Gasteiger charge is 2.25. The van der Waals surface area contributed by atoms with E-state index in [9.17, 15) is 14.3 Å². The van der Waals surface area contributed by atoms with Crippen LogP contribution in [0.1, 0.15) is 21.6 Å². The summed E-state index contributed by atoms with van der Waals surface area (Å²) in [5.74, 6) is -1.62. The van der Waals surface area contributed by atoms with Crippen molar-refractivity contribution in [1.29, 1.82) is 0 Å². The number of anilines is 1. The number of benzene rings is 4. The van der Waals surface area contributed by atoms with Gasteiger partial charge < -0.3 is 15.0 Å². The summed E-state index contributed by atoms with van der Waals surface area (Å²) in [6, 6.07) is 29.3. The number of fused-ring (bicyclic) bond motifs is 1. The van der Waals surface area contributed by atoms with E-state index in [-0.39, 0.29) is 11.3 Å². The fourth-order valence-corrected chi connectivity index (χ4v) is 4.58. The molecule has 0 aliphatic carbocycles. The van der Waals surface area contributed by atoms with Crippen molar-refractivity contribution in [1.82, 2.24) is 4.57 Å². The average Bonchev–Trinajstić information content (AvgIpc) is 3.17. The van der Waals surface area contributed by atoms with Gasteiger partial charge in [0.2, 0.25) is 0 Å². The first kappa shape index (κ1) is 22.7. The molecular formula is C29H22ClFN2O2. The Morgan fingerprint density at radius 1 is 0.886 bits per heavy atom. The number of aromatic carboxylic acids is 1. The van der Waals surface area contributed by atoms with Crippen molar-refractivity contribution in [3.05, 3.63) is 125 Å². The average molecular weight is 485 g/mol. The highest BCUT2D eigenvalue weighted by Crippen LogP contribution is 2.38. The lowest BCUT2D eigenvalue weighted by molar-refractivity contribution is 0.0687. The van der Waals surface area contributed by atoms with Gasteiger partial charge in [-0.3, -0.25) is 0 Å². The molecule has 0 amide bonds. The van der Waals surface area contributed by atoms with Gasteiger partial charge in [-0.25, -0.2) is 9.18 Å². The minimum Gasteiger partial charge on any atom is -0.477 e. The van der Waals surface area contributed by atoms with Crippen molar-refractivity contribution in [2.75, 3.05) is 5.32 Å². The molecule has 5 aromatic rings. The summed E-state index contributed by atoms with van der Waals surface area (Å²) in [6.45, 7) is 0.974. The highest BCUT2D eigenvalue weighted by atomic mass is 35.5. The summed E-state index contributed by atoms with van der Waals surface area (Å²) >= 11 is 6.27. The van der Waals surface area contributed by atoms with Crippen LogP contribution in [0.4, 0.5) is 10.1 Å². The molecule has 35 heavy (non-hydrogen) atoms. The van der Waals surface area contributed by atoms with Gasteiger partial charge in [0.15, 0.2) is 0 Å². The molecule has 174 valence electrons. The lowest BCUT2D eigenvalue weighted by atomic mass is 10.0. The van der Waals surface area contributed by atoms with E-state index in [0.717, 1.165) is 16.8 Å². The third-order valence-electron chi connectivity index (χ3n) is 5.98. The maximum Gasteiger partial charge on any atom is 0.353 e. The van der Waals surface area contributed by atoms with Crippen LogP contribution in [0.3, 0.4) is 0 Å². The summed E-state index contributed by atoms with van der Waals surface area (Å²) in [5, 5.41) is 14.7. The van der Waals surface area contributed by atoms with E-state index in [1.54, 1.807) is 41.0 Å². The van der Waals surface area contributed by atoms with Gasteiger partial charge in [-0.05, 0) is 47.5 Å². The third kappa shape index (κ3) is 4.63. The number of aromatic nitrogens is 1. The van der Waals surface area contributed by atoms with E-state index in [0.29, 0.717) is 34.6 Å². The zero-order valence-corrected chi connectivity index (χ0v) is 19.5. The lowest BCUT2D eigenvalue weighted by Crippen LogP contribution is -2.11. The van der Waals surface area contributed by atoms with Crippen LogP contribution < -0.4 is 5.32 Å². The zero-order valence-electron chi connectivity index (χ0n) is 18.7. The Morgan fingerprint density at radius 2 is 1.63 bits per heavy atom. The molecule has 4 nitrogen and oxygen atoms in total. The fourth-order valence-electron chi connectivity index (χ4n) is 4.41. The third-order valence-corrected chi connectivity index (χ3v) is 6.21. The number of carboxylic acids is 1. The molecule has 0 atom stereocenters. The number of rotatable bonds is 7. The summed E-state index contributed by atoms with van der Waals surface area (Å²) in [7, 11) is 0. The van der Waals surface area contributed by atoms with Crippen molar-refractivity contribution in [2.24, 2.45) is 0 Å². The van der Waals surface area contributed by atoms with Crippen molar-refractivity contribution in [3.63, 3.8) is 0 Å². The molecule has 1 heterocycles. The molecule has 0 saturated heterocycles. The summed E-state index contributed by atoms with van der Waals surface area (Å²) in [6.07, 6.45) is 0. The molecule has 1 aromatic heterocycles.